The predicted octanol–water partition coefficient (Wildman–Crippen LogP) is 2.19. The van der Waals surface area contributed by atoms with E-state index in [0.29, 0.717) is 38.1 Å². The highest BCUT2D eigenvalue weighted by atomic mass is 32.1. The monoisotopic (exact) mass is 318 g/mol. The number of amides is 1. The molecule has 0 aliphatic carbocycles. The summed E-state index contributed by atoms with van der Waals surface area (Å²) in [5.41, 5.74) is 0.768. The minimum Gasteiger partial charge on any atom is -0.408 e. The van der Waals surface area contributed by atoms with Gasteiger partial charge in [0.05, 0.1) is 0 Å². The summed E-state index contributed by atoms with van der Waals surface area (Å²) in [4.78, 5) is 17.5. The number of piperazine rings is 1. The van der Waals surface area contributed by atoms with Crippen molar-refractivity contribution in [3.8, 4) is 0 Å². The molecular weight excluding hydrogens is 300 g/mol. The Morgan fingerprint density at radius 1 is 1.32 bits per heavy atom. The van der Waals surface area contributed by atoms with Crippen molar-refractivity contribution in [3.63, 3.8) is 0 Å². The third-order valence-electron chi connectivity index (χ3n) is 3.59. The minimum atomic E-state index is 0.0924. The average Bonchev–Trinajstić information content (AvgIpc) is 3.18. The molecule has 1 fully saturated rings. The van der Waals surface area contributed by atoms with Crippen LogP contribution in [0.1, 0.15) is 17.7 Å². The van der Waals surface area contributed by atoms with Crippen LogP contribution in [0.15, 0.2) is 27.5 Å². The van der Waals surface area contributed by atoms with E-state index in [2.05, 4.69) is 10.2 Å². The summed E-state index contributed by atoms with van der Waals surface area (Å²) < 4.78 is 5.43. The Hall–Kier alpha value is -2.15. The summed E-state index contributed by atoms with van der Waals surface area (Å²) in [6, 6.07) is 4.53. The Morgan fingerprint density at radius 3 is 2.68 bits per heavy atom. The molecule has 3 rings (SSSR count). The lowest BCUT2D eigenvalue weighted by molar-refractivity contribution is -0.127. The maximum atomic E-state index is 12.5. The smallest absolute Gasteiger partial charge is 0.318 e. The van der Waals surface area contributed by atoms with Gasteiger partial charge in [-0.3, -0.25) is 4.79 Å². The van der Waals surface area contributed by atoms with Crippen molar-refractivity contribution >= 4 is 29.3 Å². The molecule has 116 valence electrons. The Bertz CT molecular complexity index is 670. The fourth-order valence-electron chi connectivity index (χ4n) is 2.41. The minimum absolute atomic E-state index is 0.0924. The van der Waals surface area contributed by atoms with Crippen LogP contribution in [0.5, 0.6) is 0 Å². The lowest BCUT2D eigenvalue weighted by Crippen LogP contribution is -2.49. The van der Waals surface area contributed by atoms with Crippen LogP contribution in [0.2, 0.25) is 0 Å². The summed E-state index contributed by atoms with van der Waals surface area (Å²) >= 11 is 1.63. The summed E-state index contributed by atoms with van der Waals surface area (Å²) in [6.45, 7) is 6.38. The van der Waals surface area contributed by atoms with Gasteiger partial charge in [0.1, 0.15) is 0 Å². The van der Waals surface area contributed by atoms with Gasteiger partial charge in [0, 0.05) is 43.6 Å². The Morgan fingerprint density at radius 2 is 2.09 bits per heavy atom. The molecule has 0 radical (unpaired) electrons. The molecular formula is C15H18N4O2S. The third-order valence-corrected chi connectivity index (χ3v) is 4.41. The molecule has 1 aliphatic heterocycles. The van der Waals surface area contributed by atoms with E-state index in [4.69, 9.17) is 4.42 Å². The van der Waals surface area contributed by atoms with Crippen LogP contribution in [0, 0.1) is 6.92 Å². The zero-order valence-electron chi connectivity index (χ0n) is 12.7. The van der Waals surface area contributed by atoms with Gasteiger partial charge < -0.3 is 14.2 Å². The van der Waals surface area contributed by atoms with Gasteiger partial charge in [-0.2, -0.15) is 0 Å². The van der Waals surface area contributed by atoms with Crippen LogP contribution in [0.3, 0.4) is 0 Å². The Labute approximate surface area is 133 Å². The molecule has 0 bridgehead atoms. The first-order valence-electron chi connectivity index (χ1n) is 7.19. The quantitative estimate of drug-likeness (QED) is 0.812. The predicted molar refractivity (Wildman–Crippen MR) is 85.8 cm³/mol. The fraction of sp³-hybridized carbons (Fsp3) is 0.400. The van der Waals surface area contributed by atoms with Crippen LogP contribution < -0.4 is 4.90 Å². The van der Waals surface area contributed by atoms with Crippen LogP contribution >= 0.6 is 11.3 Å². The van der Waals surface area contributed by atoms with Crippen LogP contribution in [-0.4, -0.2) is 47.2 Å². The van der Waals surface area contributed by atoms with Crippen molar-refractivity contribution in [1.29, 1.82) is 0 Å². The second kappa shape index (κ2) is 6.31. The lowest BCUT2D eigenvalue weighted by Gasteiger charge is -2.33. The molecule has 1 aliphatic rings. The van der Waals surface area contributed by atoms with Crippen molar-refractivity contribution in [2.45, 2.75) is 13.8 Å². The van der Waals surface area contributed by atoms with E-state index in [1.165, 1.54) is 0 Å². The molecule has 22 heavy (non-hydrogen) atoms. The molecule has 7 heteroatoms. The first kappa shape index (κ1) is 14.8. The molecule has 1 amide bonds. The van der Waals surface area contributed by atoms with Gasteiger partial charge in [-0.1, -0.05) is 11.2 Å². The molecule has 0 atom stereocenters. The maximum Gasteiger partial charge on any atom is 0.318 e. The molecule has 0 unspecified atom stereocenters. The largest absolute Gasteiger partial charge is 0.408 e. The lowest BCUT2D eigenvalue weighted by atomic mass is 10.2. The zero-order valence-corrected chi connectivity index (χ0v) is 13.5. The molecule has 1 saturated heterocycles. The van der Waals surface area contributed by atoms with Crippen LogP contribution in [-0.2, 0) is 4.79 Å². The molecule has 0 N–H and O–H groups in total. The summed E-state index contributed by atoms with van der Waals surface area (Å²) in [6.07, 6.45) is 1.95. The van der Waals surface area contributed by atoms with Gasteiger partial charge in [0.25, 0.3) is 0 Å². The number of hydrogen-bond acceptors (Lipinski definition) is 6. The van der Waals surface area contributed by atoms with Gasteiger partial charge in [-0.05, 0) is 24.4 Å². The van der Waals surface area contributed by atoms with Gasteiger partial charge in [-0.15, -0.1) is 16.4 Å². The molecule has 0 spiro atoms. The van der Waals surface area contributed by atoms with E-state index >= 15 is 0 Å². The summed E-state index contributed by atoms with van der Waals surface area (Å²) in [7, 11) is 0. The van der Waals surface area contributed by atoms with Crippen molar-refractivity contribution in [3.05, 3.63) is 33.9 Å². The SMILES string of the molecule is C/C(=C\c1cccs1)C(=O)N1CCN(c2nnc(C)o2)CC1. The van der Waals surface area contributed by atoms with E-state index < -0.39 is 0 Å². The second-order valence-corrected chi connectivity index (χ2v) is 6.20. The van der Waals surface area contributed by atoms with Crippen LogP contribution in [0.25, 0.3) is 6.08 Å². The van der Waals surface area contributed by atoms with Gasteiger partial charge in [0.15, 0.2) is 0 Å². The first-order valence-corrected chi connectivity index (χ1v) is 8.07. The number of hydrogen-bond donors (Lipinski definition) is 0. The highest BCUT2D eigenvalue weighted by molar-refractivity contribution is 7.10. The molecule has 6 nitrogen and oxygen atoms in total. The topological polar surface area (TPSA) is 62.5 Å². The van der Waals surface area contributed by atoms with E-state index in [1.807, 2.05) is 40.3 Å². The molecule has 0 saturated carbocycles. The van der Waals surface area contributed by atoms with E-state index in [9.17, 15) is 4.79 Å². The third kappa shape index (κ3) is 3.19. The first-order chi connectivity index (χ1) is 10.6. The van der Waals surface area contributed by atoms with Crippen LogP contribution in [0.4, 0.5) is 6.01 Å². The number of aromatic nitrogens is 2. The fourth-order valence-corrected chi connectivity index (χ4v) is 3.13. The van der Waals surface area contributed by atoms with Gasteiger partial charge in [0.2, 0.25) is 11.8 Å². The molecule has 3 heterocycles. The number of thiophene rings is 1. The molecule has 2 aromatic heterocycles. The summed E-state index contributed by atoms with van der Waals surface area (Å²) in [5, 5.41) is 9.87. The van der Waals surface area contributed by atoms with Gasteiger partial charge in [-0.25, -0.2) is 0 Å². The second-order valence-electron chi connectivity index (χ2n) is 5.23. The highest BCUT2D eigenvalue weighted by Crippen LogP contribution is 2.17. The van der Waals surface area contributed by atoms with E-state index in [-0.39, 0.29) is 5.91 Å². The molecule has 0 aromatic carbocycles. The number of carbonyl (C=O) groups is 1. The van der Waals surface area contributed by atoms with E-state index in [1.54, 1.807) is 18.3 Å². The number of anilines is 1. The number of aryl methyl sites for hydroxylation is 1. The van der Waals surface area contributed by atoms with Gasteiger partial charge >= 0.3 is 6.01 Å². The highest BCUT2D eigenvalue weighted by Gasteiger charge is 2.24. The average molecular weight is 318 g/mol. The normalized spacial score (nSPS) is 16.2. The maximum absolute atomic E-state index is 12.5. The van der Waals surface area contributed by atoms with Crippen molar-refractivity contribution in [1.82, 2.24) is 15.1 Å². The van der Waals surface area contributed by atoms with Crippen molar-refractivity contribution in [2.24, 2.45) is 0 Å². The standard InChI is InChI=1S/C15H18N4O2S/c1-11(10-13-4-3-9-22-13)14(20)18-5-7-19(8-6-18)15-17-16-12(2)21-15/h3-4,9-10H,5-8H2,1-2H3/b11-10+. The van der Waals surface area contributed by atoms with E-state index in [0.717, 1.165) is 10.5 Å². The Balaban J connectivity index is 1.60. The summed E-state index contributed by atoms with van der Waals surface area (Å²) in [5.74, 6) is 0.651. The number of nitrogens with zero attached hydrogens (tertiary/aromatic N) is 4. The number of carbonyl (C=O) groups excluding carboxylic acids is 1. The molecule has 2 aromatic rings. The van der Waals surface area contributed by atoms with Crippen molar-refractivity contribution in [2.75, 3.05) is 31.1 Å². The Kier molecular flexibility index (Phi) is 4.24. The zero-order chi connectivity index (χ0) is 15.5. The number of rotatable bonds is 3. The van der Waals surface area contributed by atoms with Crippen molar-refractivity contribution < 1.29 is 9.21 Å².